The number of nitrogens with zero attached hydrogens (tertiary/aromatic N) is 3. The van der Waals surface area contributed by atoms with Gasteiger partial charge in [-0.2, -0.15) is 0 Å². The zero-order chi connectivity index (χ0) is 31.9. The van der Waals surface area contributed by atoms with Gasteiger partial charge in [0.15, 0.2) is 5.78 Å². The molecule has 3 aromatic rings. The minimum Gasteiger partial charge on any atom is -0.497 e. The van der Waals surface area contributed by atoms with Gasteiger partial charge in [-0.3, -0.25) is 24.3 Å². The summed E-state index contributed by atoms with van der Waals surface area (Å²) in [5.74, 6) is 0.772. The van der Waals surface area contributed by atoms with E-state index in [1.165, 1.54) is 12.3 Å². The van der Waals surface area contributed by atoms with E-state index in [1.807, 2.05) is 43.0 Å². The van der Waals surface area contributed by atoms with Gasteiger partial charge in [0.2, 0.25) is 0 Å². The first kappa shape index (κ1) is 32.1. The SMILES string of the molecule is COc1ccc(C(=O)C2CCN(C(=O)c3ccc(C(=O)NC4CCN(Cc5ccc(OC(C)C)cc5)CC4F)cn3)CC2)cc1. The summed E-state index contributed by atoms with van der Waals surface area (Å²) in [7, 11) is 1.58. The Kier molecular flexibility index (Phi) is 10.4. The average molecular weight is 617 g/mol. The lowest BCUT2D eigenvalue weighted by Crippen LogP contribution is -2.52. The third-order valence-electron chi connectivity index (χ3n) is 8.42. The first-order chi connectivity index (χ1) is 21.7. The molecule has 2 fully saturated rings. The third-order valence-corrected chi connectivity index (χ3v) is 8.42. The molecule has 2 aliphatic heterocycles. The predicted octanol–water partition coefficient (Wildman–Crippen LogP) is 4.95. The van der Waals surface area contributed by atoms with E-state index in [9.17, 15) is 14.4 Å². The molecule has 2 unspecified atom stereocenters. The second-order valence-electron chi connectivity index (χ2n) is 12.0. The van der Waals surface area contributed by atoms with Gasteiger partial charge >= 0.3 is 0 Å². The minimum atomic E-state index is -1.21. The number of pyridine rings is 1. The fraction of sp³-hybridized carbons (Fsp3) is 0.429. The highest BCUT2D eigenvalue weighted by Crippen LogP contribution is 2.24. The third kappa shape index (κ3) is 8.25. The molecule has 2 aromatic carbocycles. The molecule has 45 heavy (non-hydrogen) atoms. The average Bonchev–Trinajstić information content (AvgIpc) is 3.06. The molecule has 2 atom stereocenters. The van der Waals surface area contributed by atoms with Crippen LogP contribution in [0.1, 0.15) is 69.9 Å². The van der Waals surface area contributed by atoms with Crippen molar-refractivity contribution in [2.45, 2.75) is 58.0 Å². The molecule has 3 heterocycles. The number of rotatable bonds is 10. The van der Waals surface area contributed by atoms with Crippen molar-refractivity contribution < 1.29 is 28.2 Å². The lowest BCUT2D eigenvalue weighted by molar-refractivity contribution is 0.0645. The standard InChI is InChI=1S/C35H41FN4O5/c1-23(2)45-29-9-4-24(5-10-29)21-39-17-16-31(30(36)22-39)38-34(42)27-8-13-32(37-20-27)35(43)40-18-14-26(15-19-40)33(41)25-6-11-28(44-3)12-7-25/h4-13,20,23,26,30-31H,14-19,21-22H2,1-3H3,(H,38,42). The van der Waals surface area contributed by atoms with Crippen LogP contribution in [0.2, 0.25) is 0 Å². The van der Waals surface area contributed by atoms with Crippen LogP contribution in [0.25, 0.3) is 0 Å². The van der Waals surface area contributed by atoms with Crippen molar-refractivity contribution in [2.75, 3.05) is 33.3 Å². The van der Waals surface area contributed by atoms with E-state index in [0.717, 1.165) is 11.3 Å². The van der Waals surface area contributed by atoms with Crippen molar-refractivity contribution in [1.82, 2.24) is 20.1 Å². The molecule has 5 rings (SSSR count). The summed E-state index contributed by atoms with van der Waals surface area (Å²) in [6.07, 6.45) is 1.88. The first-order valence-electron chi connectivity index (χ1n) is 15.6. The number of carbonyl (C=O) groups is 3. The molecule has 2 amide bonds. The molecule has 1 N–H and O–H groups in total. The Labute approximate surface area is 263 Å². The van der Waals surface area contributed by atoms with Gasteiger partial charge in [0, 0.05) is 50.4 Å². The van der Waals surface area contributed by atoms with Gasteiger partial charge < -0.3 is 19.7 Å². The molecule has 0 radical (unpaired) electrons. The van der Waals surface area contributed by atoms with Crippen molar-refractivity contribution in [1.29, 1.82) is 0 Å². The quantitative estimate of drug-likeness (QED) is 0.322. The maximum atomic E-state index is 15.1. The summed E-state index contributed by atoms with van der Waals surface area (Å²) >= 11 is 0. The monoisotopic (exact) mass is 616 g/mol. The van der Waals surface area contributed by atoms with Crippen LogP contribution in [0, 0.1) is 5.92 Å². The highest BCUT2D eigenvalue weighted by atomic mass is 19.1. The second kappa shape index (κ2) is 14.6. The molecule has 9 nitrogen and oxygen atoms in total. The summed E-state index contributed by atoms with van der Waals surface area (Å²) in [5.41, 5.74) is 2.22. The highest BCUT2D eigenvalue weighted by Gasteiger charge is 2.31. The van der Waals surface area contributed by atoms with Gasteiger partial charge in [-0.05, 0) is 87.2 Å². The van der Waals surface area contributed by atoms with Gasteiger partial charge in [-0.15, -0.1) is 0 Å². The lowest BCUT2D eigenvalue weighted by Gasteiger charge is -2.35. The van der Waals surface area contributed by atoms with Crippen molar-refractivity contribution in [2.24, 2.45) is 5.92 Å². The van der Waals surface area contributed by atoms with Crippen LogP contribution >= 0.6 is 0 Å². The number of carbonyl (C=O) groups excluding carboxylic acids is 3. The van der Waals surface area contributed by atoms with Gasteiger partial charge in [0.25, 0.3) is 11.8 Å². The van der Waals surface area contributed by atoms with E-state index in [2.05, 4.69) is 10.3 Å². The number of piperidine rings is 2. The number of benzene rings is 2. The zero-order valence-electron chi connectivity index (χ0n) is 26.1. The Morgan fingerprint density at radius 2 is 1.58 bits per heavy atom. The van der Waals surface area contributed by atoms with Crippen molar-refractivity contribution in [3.63, 3.8) is 0 Å². The molecule has 0 spiro atoms. The largest absolute Gasteiger partial charge is 0.497 e. The van der Waals surface area contributed by atoms with Crippen LogP contribution in [-0.4, -0.2) is 84.0 Å². The number of hydrogen-bond acceptors (Lipinski definition) is 7. The van der Waals surface area contributed by atoms with Crippen LogP contribution in [0.3, 0.4) is 0 Å². The number of amides is 2. The second-order valence-corrected chi connectivity index (χ2v) is 12.0. The normalized spacial score (nSPS) is 19.3. The molecule has 2 saturated heterocycles. The Balaban J connectivity index is 1.07. The van der Waals surface area contributed by atoms with E-state index in [-0.39, 0.29) is 41.5 Å². The van der Waals surface area contributed by atoms with Gasteiger partial charge in [-0.1, -0.05) is 12.1 Å². The number of nitrogens with one attached hydrogen (secondary N) is 1. The summed E-state index contributed by atoms with van der Waals surface area (Å²) in [6.45, 7) is 6.36. The predicted molar refractivity (Wildman–Crippen MR) is 168 cm³/mol. The summed E-state index contributed by atoms with van der Waals surface area (Å²) in [5, 5.41) is 2.81. The number of methoxy groups -OCH3 is 1. The Hall–Kier alpha value is -4.31. The van der Waals surface area contributed by atoms with Crippen LogP contribution in [0.5, 0.6) is 11.5 Å². The van der Waals surface area contributed by atoms with Gasteiger partial charge in [0.05, 0.1) is 24.8 Å². The maximum absolute atomic E-state index is 15.1. The summed E-state index contributed by atoms with van der Waals surface area (Å²) in [6, 6.07) is 17.4. The molecule has 238 valence electrons. The fourth-order valence-electron chi connectivity index (χ4n) is 5.88. The fourth-order valence-corrected chi connectivity index (χ4v) is 5.88. The topological polar surface area (TPSA) is 101 Å². The highest BCUT2D eigenvalue weighted by molar-refractivity contribution is 5.99. The van der Waals surface area contributed by atoms with Crippen molar-refractivity contribution in [3.8, 4) is 11.5 Å². The molecule has 2 aliphatic rings. The van der Waals surface area contributed by atoms with E-state index in [0.29, 0.717) is 56.8 Å². The number of Topliss-reactive ketones (excluding diaryl/α,β-unsaturated/α-hetero) is 1. The van der Waals surface area contributed by atoms with Crippen LogP contribution in [0.15, 0.2) is 66.9 Å². The van der Waals surface area contributed by atoms with Crippen molar-refractivity contribution in [3.05, 3.63) is 89.2 Å². The van der Waals surface area contributed by atoms with Crippen LogP contribution < -0.4 is 14.8 Å². The van der Waals surface area contributed by atoms with Gasteiger partial charge in [0.1, 0.15) is 23.4 Å². The van der Waals surface area contributed by atoms with E-state index < -0.39 is 18.1 Å². The first-order valence-corrected chi connectivity index (χ1v) is 15.6. The zero-order valence-corrected chi connectivity index (χ0v) is 26.1. The Bertz CT molecular complexity index is 1450. The number of ether oxygens (including phenoxy) is 2. The Morgan fingerprint density at radius 3 is 2.18 bits per heavy atom. The number of hydrogen-bond donors (Lipinski definition) is 1. The van der Waals surface area contributed by atoms with Crippen molar-refractivity contribution >= 4 is 17.6 Å². The maximum Gasteiger partial charge on any atom is 0.272 e. The molecule has 0 bridgehead atoms. The Morgan fingerprint density at radius 1 is 0.911 bits per heavy atom. The number of alkyl halides is 1. The summed E-state index contributed by atoms with van der Waals surface area (Å²) < 4.78 is 25.9. The molecular weight excluding hydrogens is 575 g/mol. The molecule has 10 heteroatoms. The van der Waals surface area contributed by atoms with Gasteiger partial charge in [-0.25, -0.2) is 4.39 Å². The lowest BCUT2D eigenvalue weighted by atomic mass is 9.88. The molecular formula is C35H41FN4O5. The molecule has 0 aliphatic carbocycles. The number of aromatic nitrogens is 1. The minimum absolute atomic E-state index is 0.0711. The van der Waals surface area contributed by atoms with E-state index >= 15 is 4.39 Å². The summed E-state index contributed by atoms with van der Waals surface area (Å²) in [4.78, 5) is 46.9. The van der Waals surface area contributed by atoms with E-state index in [4.69, 9.17) is 9.47 Å². The van der Waals surface area contributed by atoms with Crippen LogP contribution in [0.4, 0.5) is 4.39 Å². The number of halogens is 1. The smallest absolute Gasteiger partial charge is 0.272 e. The van der Waals surface area contributed by atoms with Crippen LogP contribution in [-0.2, 0) is 6.54 Å². The van der Waals surface area contributed by atoms with E-state index in [1.54, 1.807) is 42.3 Å². The molecule has 0 saturated carbocycles. The number of ketones is 1. The number of likely N-dealkylation sites (tertiary alicyclic amines) is 2. The molecule has 1 aromatic heterocycles.